The lowest BCUT2D eigenvalue weighted by atomic mass is 9.98. The summed E-state index contributed by atoms with van der Waals surface area (Å²) in [7, 11) is -2.34. The van der Waals surface area contributed by atoms with Gasteiger partial charge >= 0.3 is 0 Å². The van der Waals surface area contributed by atoms with Gasteiger partial charge in [-0.05, 0) is 93.0 Å². The van der Waals surface area contributed by atoms with Crippen molar-refractivity contribution in [2.45, 2.75) is 54.6 Å². The SMILES string of the molecule is COc1ccc2c(c1)CCCN2CCCCCOc1ccc(S(=O)(=O)C2(C(=O)NO)CCOCC2)cc1. The van der Waals surface area contributed by atoms with Crippen LogP contribution in [0.15, 0.2) is 47.4 Å². The van der Waals surface area contributed by atoms with Gasteiger partial charge in [0.15, 0.2) is 14.6 Å². The summed E-state index contributed by atoms with van der Waals surface area (Å²) in [5.74, 6) is 0.552. The van der Waals surface area contributed by atoms with E-state index in [2.05, 4.69) is 17.0 Å². The third-order valence-corrected chi connectivity index (χ3v) is 9.82. The summed E-state index contributed by atoms with van der Waals surface area (Å²) in [5.41, 5.74) is 4.18. The number of carbonyl (C=O) groups is 1. The number of anilines is 1. The van der Waals surface area contributed by atoms with Crippen LogP contribution in [0.3, 0.4) is 0 Å². The van der Waals surface area contributed by atoms with Gasteiger partial charge in [-0.3, -0.25) is 10.0 Å². The molecule has 2 aromatic carbocycles. The van der Waals surface area contributed by atoms with Crippen molar-refractivity contribution in [2.75, 3.05) is 44.9 Å². The summed E-state index contributed by atoms with van der Waals surface area (Å²) in [5, 5.41) is 9.17. The van der Waals surface area contributed by atoms with Crippen LogP contribution in [0.5, 0.6) is 11.5 Å². The monoisotopic (exact) mass is 532 g/mol. The molecule has 1 amide bonds. The van der Waals surface area contributed by atoms with Crippen LogP contribution in [0.2, 0.25) is 0 Å². The minimum Gasteiger partial charge on any atom is -0.497 e. The molecule has 2 heterocycles. The molecule has 1 saturated heterocycles. The number of sulfone groups is 1. The van der Waals surface area contributed by atoms with Crippen molar-refractivity contribution in [3.05, 3.63) is 48.0 Å². The van der Waals surface area contributed by atoms with Crippen LogP contribution in [0.4, 0.5) is 5.69 Å². The Bertz CT molecular complexity index is 1160. The first-order chi connectivity index (χ1) is 17.9. The molecule has 0 radical (unpaired) electrons. The number of benzene rings is 2. The van der Waals surface area contributed by atoms with E-state index < -0.39 is 20.5 Å². The van der Waals surface area contributed by atoms with Crippen LogP contribution in [0.25, 0.3) is 0 Å². The van der Waals surface area contributed by atoms with Crippen LogP contribution in [-0.4, -0.2) is 64.3 Å². The lowest BCUT2D eigenvalue weighted by molar-refractivity contribution is -0.134. The van der Waals surface area contributed by atoms with E-state index >= 15 is 0 Å². The Kier molecular flexibility index (Phi) is 8.94. The first-order valence-corrected chi connectivity index (χ1v) is 14.3. The Hall–Kier alpha value is -2.82. The number of unbranched alkanes of at least 4 members (excludes halogenated alkanes) is 2. The summed E-state index contributed by atoms with van der Waals surface area (Å²) >= 11 is 0. The van der Waals surface area contributed by atoms with E-state index in [4.69, 9.17) is 14.2 Å². The van der Waals surface area contributed by atoms with E-state index in [0.29, 0.717) is 12.4 Å². The topological polar surface area (TPSA) is 114 Å². The molecule has 0 aliphatic carbocycles. The largest absolute Gasteiger partial charge is 0.497 e. The first kappa shape index (κ1) is 27.2. The van der Waals surface area contributed by atoms with Gasteiger partial charge in [0.05, 0.1) is 18.6 Å². The molecule has 0 bridgehead atoms. The van der Waals surface area contributed by atoms with Crippen molar-refractivity contribution in [3.63, 3.8) is 0 Å². The van der Waals surface area contributed by atoms with Gasteiger partial charge < -0.3 is 19.1 Å². The number of hydrogen-bond donors (Lipinski definition) is 2. The number of amides is 1. The van der Waals surface area contributed by atoms with Crippen LogP contribution in [0.1, 0.15) is 44.1 Å². The predicted molar refractivity (Wildman–Crippen MR) is 139 cm³/mol. The molecule has 0 atom stereocenters. The van der Waals surface area contributed by atoms with Crippen LogP contribution < -0.4 is 19.9 Å². The van der Waals surface area contributed by atoms with Gasteiger partial charge in [0.1, 0.15) is 11.5 Å². The van der Waals surface area contributed by atoms with Gasteiger partial charge in [0, 0.05) is 32.0 Å². The number of nitrogens with zero attached hydrogens (tertiary/aromatic N) is 1. The van der Waals surface area contributed by atoms with Crippen molar-refractivity contribution in [2.24, 2.45) is 0 Å². The third kappa shape index (κ3) is 5.86. The Balaban J connectivity index is 1.25. The fourth-order valence-electron chi connectivity index (χ4n) is 5.14. The van der Waals surface area contributed by atoms with Gasteiger partial charge in [0.25, 0.3) is 5.91 Å². The molecule has 2 aliphatic rings. The Morgan fingerprint density at radius 2 is 1.81 bits per heavy atom. The summed E-state index contributed by atoms with van der Waals surface area (Å²) in [6, 6.07) is 12.4. The molecule has 4 rings (SSSR count). The number of aryl methyl sites for hydroxylation is 1. The predicted octanol–water partition coefficient (Wildman–Crippen LogP) is 3.53. The highest BCUT2D eigenvalue weighted by Gasteiger charge is 2.52. The van der Waals surface area contributed by atoms with Gasteiger partial charge in [0.2, 0.25) is 0 Å². The average molecular weight is 533 g/mol. The van der Waals surface area contributed by atoms with Gasteiger partial charge in [-0.25, -0.2) is 13.9 Å². The maximum atomic E-state index is 13.3. The molecule has 37 heavy (non-hydrogen) atoms. The number of ether oxygens (including phenoxy) is 3. The van der Waals surface area contributed by atoms with Gasteiger partial charge in [-0.1, -0.05) is 0 Å². The molecule has 0 unspecified atom stereocenters. The summed E-state index contributed by atoms with van der Waals surface area (Å²) in [6.07, 6.45) is 5.17. The molecule has 0 aromatic heterocycles. The fraction of sp³-hybridized carbons (Fsp3) is 0.519. The van der Waals surface area contributed by atoms with Crippen LogP contribution in [-0.2, 0) is 25.8 Å². The average Bonchev–Trinajstić information content (AvgIpc) is 2.94. The molecule has 2 aliphatic heterocycles. The van der Waals surface area contributed by atoms with Gasteiger partial charge in [-0.15, -0.1) is 0 Å². The molecule has 1 fully saturated rings. The van der Waals surface area contributed by atoms with Crippen molar-refractivity contribution in [1.82, 2.24) is 5.48 Å². The number of methoxy groups -OCH3 is 1. The number of nitrogens with one attached hydrogen (secondary N) is 1. The van der Waals surface area contributed by atoms with E-state index in [1.807, 2.05) is 6.07 Å². The van der Waals surface area contributed by atoms with Crippen molar-refractivity contribution in [3.8, 4) is 11.5 Å². The maximum absolute atomic E-state index is 13.3. The lowest BCUT2D eigenvalue weighted by Gasteiger charge is -2.34. The Morgan fingerprint density at radius 3 is 2.51 bits per heavy atom. The summed E-state index contributed by atoms with van der Waals surface area (Å²) in [6.45, 7) is 2.87. The molecule has 10 heteroatoms. The maximum Gasteiger partial charge on any atom is 0.265 e. The molecule has 9 nitrogen and oxygen atoms in total. The number of carbonyl (C=O) groups excluding carboxylic acids is 1. The normalized spacial score (nSPS) is 17.1. The fourth-order valence-corrected chi connectivity index (χ4v) is 7.08. The zero-order valence-corrected chi connectivity index (χ0v) is 22.1. The number of rotatable bonds is 11. The number of fused-ring (bicyclic) bond motifs is 1. The quantitative estimate of drug-likeness (QED) is 0.257. The second-order valence-electron chi connectivity index (χ2n) is 9.52. The van der Waals surface area contributed by atoms with E-state index in [1.54, 1.807) is 19.2 Å². The highest BCUT2D eigenvalue weighted by molar-refractivity contribution is 7.93. The third-order valence-electron chi connectivity index (χ3n) is 7.31. The smallest absolute Gasteiger partial charge is 0.265 e. The first-order valence-electron chi connectivity index (χ1n) is 12.8. The van der Waals surface area contributed by atoms with Crippen LogP contribution >= 0.6 is 0 Å². The molecule has 2 N–H and O–H groups in total. The van der Waals surface area contributed by atoms with E-state index in [0.717, 1.165) is 50.9 Å². The second-order valence-corrected chi connectivity index (χ2v) is 11.8. The zero-order chi connectivity index (χ0) is 26.3. The van der Waals surface area contributed by atoms with E-state index in [9.17, 15) is 18.4 Å². The minimum atomic E-state index is -4.04. The second kappa shape index (κ2) is 12.1. The Labute approximate surface area is 218 Å². The number of hydroxylamine groups is 1. The van der Waals surface area contributed by atoms with E-state index in [1.165, 1.54) is 28.9 Å². The molecule has 202 valence electrons. The van der Waals surface area contributed by atoms with Gasteiger partial charge in [-0.2, -0.15) is 0 Å². The van der Waals surface area contributed by atoms with Crippen LogP contribution in [0, 0.1) is 0 Å². The van der Waals surface area contributed by atoms with Crippen molar-refractivity contribution in [1.29, 1.82) is 0 Å². The van der Waals surface area contributed by atoms with Crippen molar-refractivity contribution < 1.29 is 32.6 Å². The molecular formula is C27H36N2O7S. The van der Waals surface area contributed by atoms with Crippen molar-refractivity contribution >= 4 is 21.4 Å². The Morgan fingerprint density at radius 1 is 1.08 bits per heavy atom. The zero-order valence-electron chi connectivity index (χ0n) is 21.3. The lowest BCUT2D eigenvalue weighted by Crippen LogP contribution is -2.54. The number of hydrogen-bond acceptors (Lipinski definition) is 8. The standard InChI is InChI=1S/C27H36N2O7S/c1-34-23-9-12-25-21(20-23)6-5-16-29(25)15-3-2-4-17-36-22-7-10-24(11-8-22)37(32,33)27(26(30)28-31)13-18-35-19-14-27/h7-12,20,31H,2-6,13-19H2,1H3,(H,28,30). The molecule has 0 spiro atoms. The molecular weight excluding hydrogens is 496 g/mol. The highest BCUT2D eigenvalue weighted by Crippen LogP contribution is 2.36. The summed E-state index contributed by atoms with van der Waals surface area (Å²) in [4.78, 5) is 14.8. The molecule has 0 saturated carbocycles. The molecule has 2 aromatic rings. The minimum absolute atomic E-state index is 0.0167. The van der Waals surface area contributed by atoms with E-state index in [-0.39, 0.29) is 31.0 Å². The summed E-state index contributed by atoms with van der Waals surface area (Å²) < 4.78 is 41.3. The highest BCUT2D eigenvalue weighted by atomic mass is 32.2.